The molecule has 17 heavy (non-hydrogen) atoms. The Hall–Kier alpha value is -1.75. The predicted octanol–water partition coefficient (Wildman–Crippen LogP) is 2.27. The van der Waals surface area contributed by atoms with Crippen molar-refractivity contribution in [3.8, 4) is 0 Å². The average molecular weight is 248 g/mol. The molecule has 0 aliphatic carbocycles. The van der Waals surface area contributed by atoms with Crippen LogP contribution in [-0.4, -0.2) is 16.9 Å². The summed E-state index contributed by atoms with van der Waals surface area (Å²) in [5.41, 5.74) is 2.51. The molecule has 1 aromatic rings. The number of hydrogen-bond donors (Lipinski definition) is 2. The topological polar surface area (TPSA) is 58.2 Å². The van der Waals surface area contributed by atoms with Crippen molar-refractivity contribution in [3.05, 3.63) is 41.6 Å². The number of nitrogens with one attached hydrogen (secondary N) is 2. The number of rotatable bonds is 2. The highest BCUT2D eigenvalue weighted by Gasteiger charge is 2.14. The minimum absolute atomic E-state index is 0.0179. The summed E-state index contributed by atoms with van der Waals surface area (Å²) in [6, 6.07) is 7.18. The fourth-order valence-corrected chi connectivity index (χ4v) is 2.07. The number of carbonyl (C=O) groups excluding carboxylic acids is 2. The molecular formula is C12H12N2O2S. The molecular weight excluding hydrogens is 236 g/mol. The van der Waals surface area contributed by atoms with Gasteiger partial charge in [0.15, 0.2) is 0 Å². The van der Waals surface area contributed by atoms with E-state index in [0.29, 0.717) is 11.4 Å². The first-order valence-corrected chi connectivity index (χ1v) is 6.14. The van der Waals surface area contributed by atoms with Crippen LogP contribution >= 0.6 is 11.8 Å². The quantitative estimate of drug-likeness (QED) is 0.844. The van der Waals surface area contributed by atoms with Crippen LogP contribution in [0.1, 0.15) is 5.56 Å². The second kappa shape index (κ2) is 5.05. The molecule has 5 heteroatoms. The van der Waals surface area contributed by atoms with E-state index in [1.54, 1.807) is 0 Å². The molecule has 1 aromatic carbocycles. The van der Waals surface area contributed by atoms with Gasteiger partial charge in [0.05, 0.1) is 0 Å². The standard InChI is InChI=1S/C12H12N2O2S/c1-8-2-4-9(5-3-8)13-12(16)14-10-6-11(15)17-7-10/h2-6H,7H2,1H3,(H2,13,14,16). The summed E-state index contributed by atoms with van der Waals surface area (Å²) in [5.74, 6) is 0.528. The summed E-state index contributed by atoms with van der Waals surface area (Å²) in [7, 11) is 0. The number of amides is 2. The van der Waals surface area contributed by atoms with E-state index in [1.807, 2.05) is 31.2 Å². The fraction of sp³-hybridized carbons (Fsp3) is 0.167. The van der Waals surface area contributed by atoms with Crippen molar-refractivity contribution in [2.45, 2.75) is 6.92 Å². The smallest absolute Gasteiger partial charge is 0.310 e. The van der Waals surface area contributed by atoms with Gasteiger partial charge in [0.1, 0.15) is 0 Å². The molecule has 0 saturated heterocycles. The van der Waals surface area contributed by atoms with Gasteiger partial charge in [-0.2, -0.15) is 0 Å². The molecule has 2 N–H and O–H groups in total. The van der Waals surface area contributed by atoms with E-state index in [1.165, 1.54) is 17.8 Å². The third-order valence-electron chi connectivity index (χ3n) is 2.25. The van der Waals surface area contributed by atoms with Crippen LogP contribution in [-0.2, 0) is 4.79 Å². The summed E-state index contributed by atoms with van der Waals surface area (Å²) in [4.78, 5) is 22.5. The SMILES string of the molecule is Cc1ccc(NC(=O)NC2=CC(=O)SC2)cc1. The Morgan fingerprint density at radius 1 is 1.24 bits per heavy atom. The molecule has 4 nitrogen and oxygen atoms in total. The average Bonchev–Trinajstić information content (AvgIpc) is 2.67. The minimum atomic E-state index is -0.324. The lowest BCUT2D eigenvalue weighted by molar-refractivity contribution is -0.106. The molecule has 88 valence electrons. The molecule has 2 amide bonds. The van der Waals surface area contributed by atoms with Crippen molar-refractivity contribution in [1.82, 2.24) is 5.32 Å². The molecule has 0 saturated carbocycles. The van der Waals surface area contributed by atoms with Crippen molar-refractivity contribution in [1.29, 1.82) is 0 Å². The number of thioether (sulfide) groups is 1. The highest BCUT2D eigenvalue weighted by atomic mass is 32.2. The molecule has 1 aliphatic rings. The largest absolute Gasteiger partial charge is 0.323 e. The zero-order chi connectivity index (χ0) is 12.3. The zero-order valence-electron chi connectivity index (χ0n) is 9.32. The second-order valence-electron chi connectivity index (χ2n) is 3.72. The third-order valence-corrected chi connectivity index (χ3v) is 3.10. The number of aryl methyl sites for hydroxylation is 1. The van der Waals surface area contributed by atoms with E-state index in [4.69, 9.17) is 0 Å². The van der Waals surface area contributed by atoms with Gasteiger partial charge >= 0.3 is 6.03 Å². The summed E-state index contributed by atoms with van der Waals surface area (Å²) < 4.78 is 0. The lowest BCUT2D eigenvalue weighted by Crippen LogP contribution is -2.28. The van der Waals surface area contributed by atoms with Crippen molar-refractivity contribution in [2.24, 2.45) is 0 Å². The molecule has 1 heterocycles. The van der Waals surface area contributed by atoms with E-state index >= 15 is 0 Å². The molecule has 0 bridgehead atoms. The van der Waals surface area contributed by atoms with Gasteiger partial charge in [-0.05, 0) is 19.1 Å². The molecule has 1 aliphatic heterocycles. The summed E-state index contributed by atoms with van der Waals surface area (Å²) in [5, 5.41) is 5.32. The number of benzene rings is 1. The first-order valence-electron chi connectivity index (χ1n) is 5.15. The second-order valence-corrected chi connectivity index (χ2v) is 4.70. The molecule has 2 rings (SSSR count). The number of urea groups is 1. The van der Waals surface area contributed by atoms with Crippen molar-refractivity contribution in [2.75, 3.05) is 11.1 Å². The Morgan fingerprint density at radius 3 is 2.53 bits per heavy atom. The Morgan fingerprint density at radius 2 is 1.94 bits per heavy atom. The van der Waals surface area contributed by atoms with Gasteiger partial charge in [-0.25, -0.2) is 4.79 Å². The van der Waals surface area contributed by atoms with Gasteiger partial charge in [-0.15, -0.1) is 0 Å². The van der Waals surface area contributed by atoms with Crippen LogP contribution in [0.25, 0.3) is 0 Å². The molecule has 0 aromatic heterocycles. The van der Waals surface area contributed by atoms with E-state index in [9.17, 15) is 9.59 Å². The van der Waals surface area contributed by atoms with Crippen LogP contribution in [0, 0.1) is 6.92 Å². The highest BCUT2D eigenvalue weighted by Crippen LogP contribution is 2.16. The highest BCUT2D eigenvalue weighted by molar-refractivity contribution is 8.14. The Kier molecular flexibility index (Phi) is 3.49. The van der Waals surface area contributed by atoms with Crippen molar-refractivity contribution in [3.63, 3.8) is 0 Å². The summed E-state index contributed by atoms with van der Waals surface area (Å²) in [6.07, 6.45) is 1.44. The van der Waals surface area contributed by atoms with Crippen LogP contribution in [0.3, 0.4) is 0 Å². The normalized spacial score (nSPS) is 14.4. The fourth-order valence-electron chi connectivity index (χ4n) is 1.39. The summed E-state index contributed by atoms with van der Waals surface area (Å²) in [6.45, 7) is 1.98. The first-order chi connectivity index (χ1) is 8.13. The van der Waals surface area contributed by atoms with Crippen LogP contribution in [0.15, 0.2) is 36.0 Å². The van der Waals surface area contributed by atoms with E-state index in [2.05, 4.69) is 10.6 Å². The molecule has 0 atom stereocenters. The number of carbonyl (C=O) groups is 2. The van der Waals surface area contributed by atoms with Gasteiger partial charge in [0, 0.05) is 23.2 Å². The third kappa shape index (κ3) is 3.35. The van der Waals surface area contributed by atoms with Crippen LogP contribution in [0.2, 0.25) is 0 Å². The number of anilines is 1. The molecule has 0 spiro atoms. The van der Waals surface area contributed by atoms with E-state index < -0.39 is 0 Å². The van der Waals surface area contributed by atoms with Crippen molar-refractivity contribution < 1.29 is 9.59 Å². The molecule has 0 radical (unpaired) electrons. The molecule has 0 unspecified atom stereocenters. The monoisotopic (exact) mass is 248 g/mol. The maximum Gasteiger partial charge on any atom is 0.323 e. The Bertz CT molecular complexity index is 480. The van der Waals surface area contributed by atoms with Gasteiger partial charge in [0.25, 0.3) is 0 Å². The molecule has 0 fully saturated rings. The van der Waals surface area contributed by atoms with Crippen LogP contribution in [0.5, 0.6) is 0 Å². The van der Waals surface area contributed by atoms with Crippen LogP contribution in [0.4, 0.5) is 10.5 Å². The summed E-state index contributed by atoms with van der Waals surface area (Å²) >= 11 is 1.18. The maximum absolute atomic E-state index is 11.6. The minimum Gasteiger partial charge on any atom is -0.310 e. The first kappa shape index (κ1) is 11.7. The van der Waals surface area contributed by atoms with Gasteiger partial charge < -0.3 is 10.6 Å². The predicted molar refractivity (Wildman–Crippen MR) is 68.9 cm³/mol. The van der Waals surface area contributed by atoms with Gasteiger partial charge in [0.2, 0.25) is 5.12 Å². The van der Waals surface area contributed by atoms with E-state index in [0.717, 1.165) is 11.3 Å². The number of hydrogen-bond acceptors (Lipinski definition) is 3. The lowest BCUT2D eigenvalue weighted by Gasteiger charge is -2.07. The van der Waals surface area contributed by atoms with Gasteiger partial charge in [-0.3, -0.25) is 4.79 Å². The Labute approximate surface area is 103 Å². The van der Waals surface area contributed by atoms with Crippen LogP contribution < -0.4 is 10.6 Å². The zero-order valence-corrected chi connectivity index (χ0v) is 10.1. The Balaban J connectivity index is 1.91. The maximum atomic E-state index is 11.6. The van der Waals surface area contributed by atoms with Crippen molar-refractivity contribution >= 4 is 28.6 Å². The van der Waals surface area contributed by atoms with E-state index in [-0.39, 0.29) is 11.1 Å². The van der Waals surface area contributed by atoms with Gasteiger partial charge in [-0.1, -0.05) is 29.5 Å². The lowest BCUT2D eigenvalue weighted by atomic mass is 10.2.